The number of rotatable bonds is 6. The molecule has 0 spiro atoms. The number of likely N-dealkylation sites (N-methyl/N-ethyl adjacent to an activating group) is 1. The lowest BCUT2D eigenvalue weighted by Gasteiger charge is -2.42. The SMILES string of the molecule is CN1CCN(C2CCN(C(=O)C(Cc3ccc(Br)c(Br)c3)OC(=O)N3CCC(N4CCc5ccccc5NC4=O)CC3)CC2)CC1. The Hall–Kier alpha value is -2.67. The van der Waals surface area contributed by atoms with E-state index >= 15 is 0 Å². The standard InChI is InChI=1S/C34H44Br2N6O4/c1-38-18-20-39(21-19-38)26-9-13-40(14-10-26)32(43)31(23-24-6-7-28(35)29(36)22-24)46-34(45)41-15-11-27(12-16-41)42-17-8-25-4-2-3-5-30(25)37-33(42)44/h2-7,22,26-27,31H,8-21,23H2,1H3,(H,37,44). The molecular weight excluding hydrogens is 716 g/mol. The van der Waals surface area contributed by atoms with Crippen LogP contribution in [-0.2, 0) is 22.4 Å². The number of hydrogen-bond donors (Lipinski definition) is 1. The fraction of sp³-hybridized carbons (Fsp3) is 0.559. The minimum absolute atomic E-state index is 0.0394. The summed E-state index contributed by atoms with van der Waals surface area (Å²) < 4.78 is 7.87. The third-order valence-electron chi connectivity index (χ3n) is 10.1. The van der Waals surface area contributed by atoms with E-state index in [9.17, 15) is 14.4 Å². The highest BCUT2D eigenvalue weighted by Crippen LogP contribution is 2.27. The smallest absolute Gasteiger partial charge is 0.410 e. The lowest BCUT2D eigenvalue weighted by molar-refractivity contribution is -0.142. The van der Waals surface area contributed by atoms with Crippen molar-refractivity contribution in [1.29, 1.82) is 0 Å². The van der Waals surface area contributed by atoms with E-state index in [1.54, 1.807) is 4.90 Å². The van der Waals surface area contributed by atoms with Gasteiger partial charge in [0.1, 0.15) is 0 Å². The van der Waals surface area contributed by atoms with Crippen LogP contribution < -0.4 is 5.32 Å². The van der Waals surface area contributed by atoms with Gasteiger partial charge < -0.3 is 29.7 Å². The fourth-order valence-electron chi connectivity index (χ4n) is 7.20. The number of amides is 4. The van der Waals surface area contributed by atoms with E-state index in [-0.39, 0.29) is 18.0 Å². The molecule has 4 aliphatic heterocycles. The van der Waals surface area contributed by atoms with Gasteiger partial charge in [0, 0.05) is 92.0 Å². The van der Waals surface area contributed by atoms with E-state index in [1.165, 1.54) is 0 Å². The van der Waals surface area contributed by atoms with Gasteiger partial charge in [-0.3, -0.25) is 9.69 Å². The number of nitrogens with zero attached hydrogens (tertiary/aromatic N) is 5. The predicted octanol–water partition coefficient (Wildman–Crippen LogP) is 5.05. The topological polar surface area (TPSA) is 88.7 Å². The number of piperidine rings is 2. The number of piperazine rings is 1. The van der Waals surface area contributed by atoms with Crippen LogP contribution in [0.3, 0.4) is 0 Å². The van der Waals surface area contributed by atoms with Crippen molar-refractivity contribution in [2.45, 2.75) is 56.7 Å². The second-order valence-electron chi connectivity index (χ2n) is 13.0. The van der Waals surface area contributed by atoms with Crippen molar-refractivity contribution in [2.75, 3.05) is 71.3 Å². The van der Waals surface area contributed by atoms with Gasteiger partial charge in [-0.2, -0.15) is 0 Å². The molecule has 12 heteroatoms. The zero-order valence-electron chi connectivity index (χ0n) is 26.5. The highest BCUT2D eigenvalue weighted by Gasteiger charge is 2.36. The highest BCUT2D eigenvalue weighted by atomic mass is 79.9. The summed E-state index contributed by atoms with van der Waals surface area (Å²) >= 11 is 7.09. The number of halogens is 2. The van der Waals surface area contributed by atoms with Crippen LogP contribution in [0.25, 0.3) is 0 Å². The molecule has 0 radical (unpaired) electrons. The van der Waals surface area contributed by atoms with Crippen LogP contribution in [0.15, 0.2) is 51.4 Å². The molecule has 6 rings (SSSR count). The van der Waals surface area contributed by atoms with Crippen molar-refractivity contribution < 1.29 is 19.1 Å². The van der Waals surface area contributed by atoms with Crippen LogP contribution >= 0.6 is 31.9 Å². The molecule has 10 nitrogen and oxygen atoms in total. The van der Waals surface area contributed by atoms with Crippen molar-refractivity contribution in [1.82, 2.24) is 24.5 Å². The molecule has 0 bridgehead atoms. The van der Waals surface area contributed by atoms with E-state index in [0.717, 1.165) is 71.2 Å². The van der Waals surface area contributed by atoms with E-state index in [2.05, 4.69) is 60.1 Å². The number of likely N-dealkylation sites (tertiary alicyclic amines) is 2. The first-order valence-electron chi connectivity index (χ1n) is 16.5. The monoisotopic (exact) mass is 758 g/mol. The number of hydrogen-bond acceptors (Lipinski definition) is 6. The van der Waals surface area contributed by atoms with Crippen molar-refractivity contribution in [3.8, 4) is 0 Å². The summed E-state index contributed by atoms with van der Waals surface area (Å²) in [6.07, 6.45) is 2.92. The molecule has 248 valence electrons. The summed E-state index contributed by atoms with van der Waals surface area (Å²) in [6.45, 7) is 7.22. The first kappa shape index (κ1) is 33.2. The summed E-state index contributed by atoms with van der Waals surface area (Å²) in [5.41, 5.74) is 2.92. The maximum absolute atomic E-state index is 14.0. The molecule has 2 aromatic rings. The molecule has 1 atom stereocenters. The first-order valence-corrected chi connectivity index (χ1v) is 18.1. The number of carbonyl (C=O) groups is 3. The number of fused-ring (bicyclic) bond motifs is 1. The first-order chi connectivity index (χ1) is 22.2. The predicted molar refractivity (Wildman–Crippen MR) is 185 cm³/mol. The lowest BCUT2D eigenvalue weighted by atomic mass is 10.0. The second-order valence-corrected chi connectivity index (χ2v) is 14.7. The Morgan fingerprint density at radius 2 is 1.52 bits per heavy atom. The largest absolute Gasteiger partial charge is 0.436 e. The van der Waals surface area contributed by atoms with Gasteiger partial charge in [0.2, 0.25) is 0 Å². The molecule has 1 N–H and O–H groups in total. The van der Waals surface area contributed by atoms with Crippen LogP contribution in [0.4, 0.5) is 15.3 Å². The minimum Gasteiger partial charge on any atom is -0.436 e. The fourth-order valence-corrected chi connectivity index (χ4v) is 7.87. The molecule has 0 aliphatic carbocycles. The van der Waals surface area contributed by atoms with Crippen molar-refractivity contribution in [3.63, 3.8) is 0 Å². The molecule has 3 fully saturated rings. The molecular formula is C34H44Br2N6O4. The third-order valence-corrected chi connectivity index (χ3v) is 11.9. The Bertz CT molecular complexity index is 1400. The van der Waals surface area contributed by atoms with E-state index in [4.69, 9.17) is 4.74 Å². The van der Waals surface area contributed by atoms with Crippen LogP contribution in [0.2, 0.25) is 0 Å². The number of carbonyl (C=O) groups excluding carboxylic acids is 3. The molecule has 4 aliphatic rings. The van der Waals surface area contributed by atoms with E-state index in [0.29, 0.717) is 58.0 Å². The quantitative estimate of drug-likeness (QED) is 0.444. The van der Waals surface area contributed by atoms with Gasteiger partial charge in [-0.05, 0) is 100 Å². The average Bonchev–Trinajstić information content (AvgIpc) is 3.24. The maximum atomic E-state index is 14.0. The normalized spacial score (nSPS) is 21.4. The van der Waals surface area contributed by atoms with Crippen molar-refractivity contribution in [3.05, 3.63) is 62.5 Å². The van der Waals surface area contributed by atoms with E-state index < -0.39 is 12.2 Å². The molecule has 2 aromatic carbocycles. The Kier molecular flexibility index (Phi) is 10.9. The van der Waals surface area contributed by atoms with Gasteiger partial charge in [0.05, 0.1) is 0 Å². The lowest BCUT2D eigenvalue weighted by Crippen LogP contribution is -2.54. The van der Waals surface area contributed by atoms with Crippen molar-refractivity contribution in [2.24, 2.45) is 0 Å². The van der Waals surface area contributed by atoms with Gasteiger partial charge in [-0.25, -0.2) is 9.59 Å². The molecule has 0 aromatic heterocycles. The Labute approximate surface area is 288 Å². The number of urea groups is 1. The van der Waals surface area contributed by atoms with E-state index in [1.807, 2.05) is 46.2 Å². The number of nitrogens with one attached hydrogen (secondary N) is 1. The second kappa shape index (κ2) is 15.0. The number of para-hydroxylation sites is 1. The van der Waals surface area contributed by atoms with Crippen molar-refractivity contribution >= 4 is 55.6 Å². The zero-order chi connectivity index (χ0) is 32.2. The van der Waals surface area contributed by atoms with Crippen LogP contribution in [0.1, 0.15) is 36.8 Å². The Morgan fingerprint density at radius 3 is 2.24 bits per heavy atom. The van der Waals surface area contributed by atoms with Crippen LogP contribution in [0.5, 0.6) is 0 Å². The summed E-state index contributed by atoms with van der Waals surface area (Å²) in [5.74, 6) is -0.125. The maximum Gasteiger partial charge on any atom is 0.410 e. The zero-order valence-corrected chi connectivity index (χ0v) is 29.7. The average molecular weight is 761 g/mol. The number of ether oxygens (including phenoxy) is 1. The van der Waals surface area contributed by atoms with Gasteiger partial charge in [0.25, 0.3) is 5.91 Å². The molecule has 4 amide bonds. The summed E-state index contributed by atoms with van der Waals surface area (Å²) in [4.78, 5) is 51.0. The van der Waals surface area contributed by atoms with Crippen LogP contribution in [-0.4, -0.2) is 127 Å². The summed E-state index contributed by atoms with van der Waals surface area (Å²) in [6, 6.07) is 14.2. The van der Waals surface area contributed by atoms with Gasteiger partial charge in [0.15, 0.2) is 6.10 Å². The Morgan fingerprint density at radius 1 is 0.848 bits per heavy atom. The third kappa shape index (κ3) is 7.89. The molecule has 0 saturated carbocycles. The molecule has 1 unspecified atom stereocenters. The molecule has 4 heterocycles. The molecule has 46 heavy (non-hydrogen) atoms. The van der Waals surface area contributed by atoms with Crippen LogP contribution in [0, 0.1) is 0 Å². The molecule has 3 saturated heterocycles. The van der Waals surface area contributed by atoms with Gasteiger partial charge in [-0.15, -0.1) is 0 Å². The minimum atomic E-state index is -0.909. The van der Waals surface area contributed by atoms with Gasteiger partial charge in [-0.1, -0.05) is 24.3 Å². The summed E-state index contributed by atoms with van der Waals surface area (Å²) in [5, 5.41) is 3.06. The number of benzene rings is 2. The highest BCUT2D eigenvalue weighted by molar-refractivity contribution is 9.13. The summed E-state index contributed by atoms with van der Waals surface area (Å²) in [7, 11) is 2.17. The Balaban J connectivity index is 1.07. The van der Waals surface area contributed by atoms with Gasteiger partial charge >= 0.3 is 12.1 Å². The number of anilines is 1.